The Bertz CT molecular complexity index is 1690. The molecule has 0 bridgehead atoms. The number of Topliss-reactive ketones (excluding diaryl/α,β-unsaturated/α-hetero) is 1. The summed E-state index contributed by atoms with van der Waals surface area (Å²) in [7, 11) is 0. The van der Waals surface area contributed by atoms with Crippen LogP contribution in [0.15, 0.2) is 91.0 Å². The van der Waals surface area contributed by atoms with E-state index in [0.29, 0.717) is 27.6 Å². The Morgan fingerprint density at radius 1 is 0.930 bits per heavy atom. The van der Waals surface area contributed by atoms with Crippen LogP contribution in [0, 0.1) is 13.8 Å². The first-order chi connectivity index (χ1) is 20.7. The summed E-state index contributed by atoms with van der Waals surface area (Å²) >= 11 is 6.51. The van der Waals surface area contributed by atoms with Crippen LogP contribution in [0.3, 0.4) is 0 Å². The third kappa shape index (κ3) is 5.60. The maximum atomic E-state index is 14.8. The highest BCUT2D eigenvalue weighted by Gasteiger charge is 2.56. The van der Waals surface area contributed by atoms with Crippen molar-refractivity contribution in [1.82, 2.24) is 0 Å². The van der Waals surface area contributed by atoms with Crippen LogP contribution < -0.4 is 20.4 Å². The second kappa shape index (κ2) is 12.3. The van der Waals surface area contributed by atoms with Crippen LogP contribution in [0.1, 0.15) is 40.9 Å². The molecular formula is C35H35ClN4O3. The maximum Gasteiger partial charge on any atom is 0.280 e. The van der Waals surface area contributed by atoms with Gasteiger partial charge >= 0.3 is 0 Å². The van der Waals surface area contributed by atoms with E-state index in [0.717, 1.165) is 29.9 Å². The molecule has 0 radical (unpaired) electrons. The highest BCUT2D eigenvalue weighted by molar-refractivity contribution is 6.35. The first-order valence-corrected chi connectivity index (χ1v) is 14.8. The summed E-state index contributed by atoms with van der Waals surface area (Å²) in [5.41, 5.74) is 2.68. The summed E-state index contributed by atoms with van der Waals surface area (Å²) in [4.78, 5) is 47.5. The second-order valence-corrected chi connectivity index (χ2v) is 11.1. The summed E-state index contributed by atoms with van der Waals surface area (Å²) in [6.45, 7) is 9.55. The Balaban J connectivity index is 1.78. The van der Waals surface area contributed by atoms with Gasteiger partial charge in [-0.2, -0.15) is 0 Å². The largest absolute Gasteiger partial charge is 0.372 e. The maximum absolute atomic E-state index is 14.8. The number of hydrogen-bond acceptors (Lipinski definition) is 5. The van der Waals surface area contributed by atoms with E-state index in [4.69, 9.17) is 11.6 Å². The van der Waals surface area contributed by atoms with Gasteiger partial charge in [-0.25, -0.2) is 0 Å². The van der Waals surface area contributed by atoms with E-state index < -0.39 is 23.3 Å². The zero-order valence-electron chi connectivity index (χ0n) is 24.8. The van der Waals surface area contributed by atoms with Gasteiger partial charge in [0.15, 0.2) is 0 Å². The van der Waals surface area contributed by atoms with Crippen molar-refractivity contribution in [3.05, 3.63) is 118 Å². The Hall–Kier alpha value is -4.62. The number of ketones is 1. The minimum atomic E-state index is -2.19. The molecule has 1 unspecified atom stereocenters. The third-order valence-corrected chi connectivity index (χ3v) is 8.20. The lowest BCUT2D eigenvalue weighted by molar-refractivity contribution is -0.124. The number of fused-ring (bicyclic) bond motifs is 1. The third-order valence-electron chi connectivity index (χ3n) is 7.87. The van der Waals surface area contributed by atoms with E-state index >= 15 is 0 Å². The Kier molecular flexibility index (Phi) is 8.55. The molecule has 4 aromatic rings. The Labute approximate surface area is 257 Å². The molecule has 0 spiro atoms. The van der Waals surface area contributed by atoms with Crippen molar-refractivity contribution in [2.75, 3.05) is 33.5 Å². The minimum absolute atomic E-state index is 0.0112. The number of anilines is 4. The molecule has 2 N–H and O–H groups in total. The lowest BCUT2D eigenvalue weighted by atomic mass is 9.92. The van der Waals surface area contributed by atoms with Gasteiger partial charge in [-0.3, -0.25) is 19.3 Å². The van der Waals surface area contributed by atoms with E-state index in [1.54, 1.807) is 48.5 Å². The van der Waals surface area contributed by atoms with Crippen molar-refractivity contribution in [2.24, 2.45) is 0 Å². The number of nitrogens with one attached hydrogen (secondary N) is 2. The van der Waals surface area contributed by atoms with E-state index in [2.05, 4.69) is 29.4 Å². The number of para-hydroxylation sites is 1. The SMILES string of the molecule is CCN(CC)c1ccc(N2C(=O)Cc3ccccc3NC2(C(=O)Nc2cc(C)ccc2Cl)C(=O)c2ccccc2)c(C)c1. The molecule has 7 nitrogen and oxygen atoms in total. The predicted octanol–water partition coefficient (Wildman–Crippen LogP) is 7.02. The number of amides is 2. The smallest absolute Gasteiger partial charge is 0.280 e. The zero-order chi connectivity index (χ0) is 30.7. The summed E-state index contributed by atoms with van der Waals surface area (Å²) in [5.74, 6) is -1.70. The highest BCUT2D eigenvalue weighted by Crippen LogP contribution is 2.39. The van der Waals surface area contributed by atoms with Gasteiger partial charge in [-0.15, -0.1) is 0 Å². The van der Waals surface area contributed by atoms with Crippen molar-refractivity contribution in [3.63, 3.8) is 0 Å². The minimum Gasteiger partial charge on any atom is -0.372 e. The number of benzene rings is 4. The quantitative estimate of drug-likeness (QED) is 0.169. The molecule has 2 amide bonds. The number of carbonyl (C=O) groups is 3. The van der Waals surface area contributed by atoms with Crippen LogP contribution in [-0.4, -0.2) is 36.3 Å². The molecule has 1 atom stereocenters. The summed E-state index contributed by atoms with van der Waals surface area (Å²) in [5, 5.41) is 6.50. The summed E-state index contributed by atoms with van der Waals surface area (Å²) in [6, 6.07) is 26.8. The molecule has 1 aliphatic rings. The molecule has 1 aliphatic heterocycles. The average Bonchev–Trinajstić information content (AvgIpc) is 3.14. The number of hydrogen-bond donors (Lipinski definition) is 2. The number of rotatable bonds is 8. The van der Waals surface area contributed by atoms with Gasteiger partial charge in [-0.1, -0.05) is 66.2 Å². The van der Waals surface area contributed by atoms with Gasteiger partial charge in [0, 0.05) is 30.0 Å². The van der Waals surface area contributed by atoms with Gasteiger partial charge in [0.1, 0.15) is 0 Å². The van der Waals surface area contributed by atoms with E-state index in [1.165, 1.54) is 4.90 Å². The van der Waals surface area contributed by atoms with Gasteiger partial charge < -0.3 is 15.5 Å². The van der Waals surface area contributed by atoms with Crippen LogP contribution >= 0.6 is 11.6 Å². The molecule has 220 valence electrons. The lowest BCUT2D eigenvalue weighted by Gasteiger charge is -2.41. The normalized spacial score (nSPS) is 16.1. The molecule has 0 aliphatic carbocycles. The van der Waals surface area contributed by atoms with Gasteiger partial charge in [0.05, 0.1) is 22.8 Å². The van der Waals surface area contributed by atoms with Crippen LogP contribution in [0.5, 0.6) is 0 Å². The molecule has 1 heterocycles. The van der Waals surface area contributed by atoms with E-state index in [9.17, 15) is 14.4 Å². The summed E-state index contributed by atoms with van der Waals surface area (Å²) in [6.07, 6.45) is -0.0112. The van der Waals surface area contributed by atoms with Crippen molar-refractivity contribution in [1.29, 1.82) is 0 Å². The first-order valence-electron chi connectivity index (χ1n) is 14.4. The van der Waals surface area contributed by atoms with E-state index in [-0.39, 0.29) is 12.0 Å². The average molecular weight is 595 g/mol. The Morgan fingerprint density at radius 3 is 2.33 bits per heavy atom. The summed E-state index contributed by atoms with van der Waals surface area (Å²) < 4.78 is 0. The second-order valence-electron chi connectivity index (χ2n) is 10.7. The van der Waals surface area contributed by atoms with Crippen molar-refractivity contribution in [3.8, 4) is 0 Å². The number of halogens is 1. The lowest BCUT2D eigenvalue weighted by Crippen LogP contribution is -2.68. The first kappa shape index (κ1) is 29.9. The molecule has 5 rings (SSSR count). The van der Waals surface area contributed by atoms with Gasteiger partial charge in [0.2, 0.25) is 11.7 Å². The predicted molar refractivity (Wildman–Crippen MR) is 174 cm³/mol. The number of nitrogens with zero attached hydrogens (tertiary/aromatic N) is 2. The van der Waals surface area contributed by atoms with Gasteiger partial charge in [0.25, 0.3) is 11.6 Å². The fraction of sp³-hybridized carbons (Fsp3) is 0.229. The number of carbonyl (C=O) groups excluding carboxylic acids is 3. The molecule has 43 heavy (non-hydrogen) atoms. The van der Waals surface area contributed by atoms with Crippen LogP contribution in [-0.2, 0) is 16.0 Å². The molecule has 4 aromatic carbocycles. The molecule has 8 heteroatoms. The highest BCUT2D eigenvalue weighted by atomic mass is 35.5. The van der Waals surface area contributed by atoms with Crippen molar-refractivity contribution < 1.29 is 14.4 Å². The van der Waals surface area contributed by atoms with Gasteiger partial charge in [-0.05, 0) is 80.8 Å². The monoisotopic (exact) mass is 594 g/mol. The molecule has 0 fully saturated rings. The van der Waals surface area contributed by atoms with Crippen molar-refractivity contribution >= 4 is 51.9 Å². The Morgan fingerprint density at radius 2 is 1.63 bits per heavy atom. The molecule has 0 saturated heterocycles. The van der Waals surface area contributed by atoms with Crippen LogP contribution in [0.2, 0.25) is 5.02 Å². The van der Waals surface area contributed by atoms with Crippen LogP contribution in [0.25, 0.3) is 0 Å². The molecular weight excluding hydrogens is 560 g/mol. The number of aryl methyl sites for hydroxylation is 2. The molecule has 0 aromatic heterocycles. The van der Waals surface area contributed by atoms with E-state index in [1.807, 2.05) is 56.3 Å². The topological polar surface area (TPSA) is 81.8 Å². The standard InChI is InChI=1S/C35H35ClN4O3/c1-5-39(6-2)27-17-19-31(24(4)21-27)40-32(41)22-26-14-10-11-15-29(26)38-35(40,33(42)25-12-8-7-9-13-25)34(43)37-30-20-23(3)16-18-28(30)36/h7-21,38H,5-6,22H2,1-4H3,(H,37,43). The van der Waals surface area contributed by atoms with Crippen LogP contribution in [0.4, 0.5) is 22.7 Å². The van der Waals surface area contributed by atoms with Crippen molar-refractivity contribution in [2.45, 2.75) is 39.8 Å². The fourth-order valence-electron chi connectivity index (χ4n) is 5.63. The zero-order valence-corrected chi connectivity index (χ0v) is 25.5. The fourth-order valence-corrected chi connectivity index (χ4v) is 5.80. The molecule has 0 saturated carbocycles.